The number of ketones is 2. The van der Waals surface area contributed by atoms with Crippen molar-refractivity contribution in [1.29, 1.82) is 0 Å². The highest BCUT2D eigenvalue weighted by Crippen LogP contribution is 2.37. The first-order chi connectivity index (χ1) is 10.4. The van der Waals surface area contributed by atoms with Gasteiger partial charge in [0.2, 0.25) is 5.78 Å². The highest BCUT2D eigenvalue weighted by molar-refractivity contribution is 6.04. The molecule has 1 heterocycles. The number of rotatable bonds is 3. The van der Waals surface area contributed by atoms with Gasteiger partial charge in [-0.1, -0.05) is 13.8 Å². The molecule has 2 aliphatic rings. The maximum atomic E-state index is 12.3. The summed E-state index contributed by atoms with van der Waals surface area (Å²) in [5.74, 6) is 1.32. The van der Waals surface area contributed by atoms with E-state index in [9.17, 15) is 9.59 Å². The number of benzene rings is 1. The number of hydrogen-bond acceptors (Lipinski definition) is 5. The molecule has 0 aromatic heterocycles. The molecule has 0 saturated heterocycles. The lowest BCUT2D eigenvalue weighted by atomic mass is 9.79. The normalized spacial score (nSPS) is 22.7. The van der Waals surface area contributed by atoms with Gasteiger partial charge < -0.3 is 14.2 Å². The van der Waals surface area contributed by atoms with E-state index in [1.807, 2.05) is 13.8 Å². The number of carbonyl (C=O) groups is 2. The quantitative estimate of drug-likeness (QED) is 0.859. The van der Waals surface area contributed by atoms with E-state index in [-0.39, 0.29) is 17.0 Å². The number of hydrogen-bond donors (Lipinski definition) is 0. The molecule has 0 fully saturated rings. The first-order valence-corrected chi connectivity index (χ1v) is 7.17. The van der Waals surface area contributed by atoms with Gasteiger partial charge in [-0.15, -0.1) is 0 Å². The second-order valence-electron chi connectivity index (χ2n) is 6.39. The minimum Gasteiger partial charge on any atom is -0.497 e. The van der Waals surface area contributed by atoms with Crippen molar-refractivity contribution in [3.8, 4) is 11.5 Å². The second kappa shape index (κ2) is 5.16. The van der Waals surface area contributed by atoms with Gasteiger partial charge in [-0.05, 0) is 17.5 Å². The SMILES string of the molecule is COc1ccc2c(c1)OC(OC1=CC(=O)CC(C)(C)C1)C2=O. The fourth-order valence-corrected chi connectivity index (χ4v) is 2.80. The van der Waals surface area contributed by atoms with Crippen LogP contribution in [0.1, 0.15) is 37.0 Å². The largest absolute Gasteiger partial charge is 0.497 e. The number of allylic oxidation sites excluding steroid dienone is 2. The van der Waals surface area contributed by atoms with Crippen LogP contribution in [-0.4, -0.2) is 25.0 Å². The van der Waals surface area contributed by atoms with Gasteiger partial charge in [-0.3, -0.25) is 9.59 Å². The third kappa shape index (κ3) is 2.71. The Morgan fingerprint density at radius 2 is 2.00 bits per heavy atom. The summed E-state index contributed by atoms with van der Waals surface area (Å²) >= 11 is 0. The van der Waals surface area contributed by atoms with Crippen molar-refractivity contribution in [1.82, 2.24) is 0 Å². The summed E-state index contributed by atoms with van der Waals surface area (Å²) in [4.78, 5) is 24.1. The third-order valence-electron chi connectivity index (χ3n) is 3.79. The number of methoxy groups -OCH3 is 1. The molecule has 1 unspecified atom stereocenters. The van der Waals surface area contributed by atoms with Gasteiger partial charge in [0.25, 0.3) is 0 Å². The van der Waals surface area contributed by atoms with Crippen LogP contribution in [0.4, 0.5) is 0 Å². The van der Waals surface area contributed by atoms with E-state index in [0.717, 1.165) is 0 Å². The van der Waals surface area contributed by atoms with Crippen LogP contribution in [0.2, 0.25) is 0 Å². The number of carbonyl (C=O) groups excluding carboxylic acids is 2. The molecular formula is C17H18O5. The van der Waals surface area contributed by atoms with Crippen molar-refractivity contribution in [2.45, 2.75) is 33.0 Å². The average Bonchev–Trinajstić information content (AvgIpc) is 2.72. The van der Waals surface area contributed by atoms with Gasteiger partial charge in [0.1, 0.15) is 17.3 Å². The van der Waals surface area contributed by atoms with Crippen molar-refractivity contribution in [3.63, 3.8) is 0 Å². The number of fused-ring (bicyclic) bond motifs is 1. The van der Waals surface area contributed by atoms with Gasteiger partial charge >= 0.3 is 6.29 Å². The van der Waals surface area contributed by atoms with Crippen LogP contribution in [0.15, 0.2) is 30.0 Å². The first kappa shape index (κ1) is 14.6. The summed E-state index contributed by atoms with van der Waals surface area (Å²) in [5, 5.41) is 0. The molecule has 0 amide bonds. The maximum Gasteiger partial charge on any atom is 0.305 e. The lowest BCUT2D eigenvalue weighted by Crippen LogP contribution is -2.29. The van der Waals surface area contributed by atoms with E-state index >= 15 is 0 Å². The monoisotopic (exact) mass is 302 g/mol. The molecule has 1 aromatic carbocycles. The van der Waals surface area contributed by atoms with Crippen LogP contribution < -0.4 is 9.47 Å². The van der Waals surface area contributed by atoms with Crippen LogP contribution >= 0.6 is 0 Å². The topological polar surface area (TPSA) is 61.8 Å². The molecule has 116 valence electrons. The van der Waals surface area contributed by atoms with E-state index in [1.165, 1.54) is 6.08 Å². The van der Waals surface area contributed by atoms with Gasteiger partial charge in [0.05, 0.1) is 12.7 Å². The predicted molar refractivity (Wildman–Crippen MR) is 78.9 cm³/mol. The Labute approximate surface area is 128 Å². The number of Topliss-reactive ketones (excluding diaryl/α,β-unsaturated/α-hetero) is 1. The predicted octanol–water partition coefficient (Wildman–Crippen LogP) is 2.89. The highest BCUT2D eigenvalue weighted by Gasteiger charge is 2.37. The Balaban J connectivity index is 1.78. The van der Waals surface area contributed by atoms with Gasteiger partial charge in [0.15, 0.2) is 5.78 Å². The van der Waals surface area contributed by atoms with Gasteiger partial charge in [0, 0.05) is 25.0 Å². The van der Waals surface area contributed by atoms with Crippen molar-refractivity contribution in [2.75, 3.05) is 7.11 Å². The molecule has 0 bridgehead atoms. The van der Waals surface area contributed by atoms with Crippen molar-refractivity contribution < 1.29 is 23.8 Å². The summed E-state index contributed by atoms with van der Waals surface area (Å²) in [5.41, 5.74) is 0.298. The van der Waals surface area contributed by atoms with E-state index in [4.69, 9.17) is 14.2 Å². The second-order valence-corrected chi connectivity index (χ2v) is 6.39. The molecule has 1 aliphatic carbocycles. The molecular weight excluding hydrogens is 284 g/mol. The standard InChI is InChI=1S/C17H18O5/c1-17(2)8-10(18)6-12(9-17)21-16-15(19)13-5-4-11(20-3)7-14(13)22-16/h4-7,16H,8-9H2,1-3H3. The zero-order valence-electron chi connectivity index (χ0n) is 12.8. The summed E-state index contributed by atoms with van der Waals surface area (Å²) < 4.78 is 16.3. The Kier molecular flexibility index (Phi) is 3.43. The van der Waals surface area contributed by atoms with E-state index < -0.39 is 6.29 Å². The van der Waals surface area contributed by atoms with Crippen LogP contribution in [0.5, 0.6) is 11.5 Å². The zero-order chi connectivity index (χ0) is 15.9. The Morgan fingerprint density at radius 3 is 2.68 bits per heavy atom. The van der Waals surface area contributed by atoms with E-state index in [1.54, 1.807) is 25.3 Å². The molecule has 5 heteroatoms. The van der Waals surface area contributed by atoms with Crippen molar-refractivity contribution >= 4 is 11.6 Å². The summed E-state index contributed by atoms with van der Waals surface area (Å²) in [6, 6.07) is 5.01. The fourth-order valence-electron chi connectivity index (χ4n) is 2.80. The summed E-state index contributed by atoms with van der Waals surface area (Å²) in [7, 11) is 1.55. The van der Waals surface area contributed by atoms with Crippen LogP contribution in [-0.2, 0) is 9.53 Å². The lowest BCUT2D eigenvalue weighted by Gasteiger charge is -2.29. The molecule has 5 nitrogen and oxygen atoms in total. The molecule has 1 atom stereocenters. The van der Waals surface area contributed by atoms with Crippen molar-refractivity contribution in [3.05, 3.63) is 35.6 Å². The average molecular weight is 302 g/mol. The Morgan fingerprint density at radius 1 is 1.23 bits per heavy atom. The number of ether oxygens (including phenoxy) is 3. The van der Waals surface area contributed by atoms with E-state index in [2.05, 4.69) is 0 Å². The van der Waals surface area contributed by atoms with Gasteiger partial charge in [-0.2, -0.15) is 0 Å². The molecule has 0 saturated carbocycles. The molecule has 22 heavy (non-hydrogen) atoms. The van der Waals surface area contributed by atoms with Crippen LogP contribution in [0.3, 0.4) is 0 Å². The van der Waals surface area contributed by atoms with E-state index in [0.29, 0.717) is 35.7 Å². The summed E-state index contributed by atoms with van der Waals surface area (Å²) in [6.45, 7) is 4.00. The molecule has 1 aliphatic heterocycles. The fraction of sp³-hybridized carbons (Fsp3) is 0.412. The maximum absolute atomic E-state index is 12.3. The Bertz CT molecular complexity index is 672. The van der Waals surface area contributed by atoms with Crippen LogP contribution in [0.25, 0.3) is 0 Å². The minimum atomic E-state index is -1.03. The van der Waals surface area contributed by atoms with Crippen molar-refractivity contribution in [2.24, 2.45) is 5.41 Å². The van der Waals surface area contributed by atoms with Gasteiger partial charge in [-0.25, -0.2) is 0 Å². The molecule has 0 radical (unpaired) electrons. The Hall–Kier alpha value is -2.30. The molecule has 1 aromatic rings. The first-order valence-electron chi connectivity index (χ1n) is 7.17. The summed E-state index contributed by atoms with van der Waals surface area (Å²) in [6.07, 6.45) is 1.52. The third-order valence-corrected chi connectivity index (χ3v) is 3.79. The smallest absolute Gasteiger partial charge is 0.305 e. The molecule has 0 spiro atoms. The van der Waals surface area contributed by atoms with Crippen LogP contribution in [0, 0.1) is 5.41 Å². The molecule has 0 N–H and O–H groups in total. The zero-order valence-corrected chi connectivity index (χ0v) is 12.8. The molecule has 3 rings (SSSR count). The lowest BCUT2D eigenvalue weighted by molar-refractivity contribution is -0.118. The minimum absolute atomic E-state index is 0.0101. The highest BCUT2D eigenvalue weighted by atomic mass is 16.7.